The van der Waals surface area contributed by atoms with E-state index in [1.165, 1.54) is 12.6 Å². The topological polar surface area (TPSA) is 65.8 Å². The van der Waals surface area contributed by atoms with Gasteiger partial charge in [-0.2, -0.15) is 5.26 Å². The molecule has 1 fully saturated rings. The number of nitriles is 1. The second-order valence-corrected chi connectivity index (χ2v) is 6.22. The first kappa shape index (κ1) is 15.0. The molecule has 0 bridgehead atoms. The Morgan fingerprint density at radius 2 is 1.90 bits per heavy atom. The van der Waals surface area contributed by atoms with Crippen molar-refractivity contribution in [3.05, 3.63) is 28.5 Å². The summed E-state index contributed by atoms with van der Waals surface area (Å²) in [6.07, 6.45) is 10.1. The molecular weight excluding hydrogens is 318 g/mol. The van der Waals surface area contributed by atoms with E-state index in [1.54, 1.807) is 12.3 Å². The van der Waals surface area contributed by atoms with Gasteiger partial charge in [0.25, 0.3) is 5.91 Å². The molecule has 4 nitrogen and oxygen atoms in total. The average molecular weight is 336 g/mol. The number of rotatable bonds is 2. The minimum atomic E-state index is -0.722. The van der Waals surface area contributed by atoms with Crippen LogP contribution < -0.4 is 5.32 Å². The fourth-order valence-corrected chi connectivity index (χ4v) is 2.96. The van der Waals surface area contributed by atoms with Gasteiger partial charge in [0.05, 0.1) is 11.6 Å². The summed E-state index contributed by atoms with van der Waals surface area (Å²) in [5, 5.41) is 12.5. The molecule has 0 aromatic carbocycles. The van der Waals surface area contributed by atoms with Crippen molar-refractivity contribution in [1.29, 1.82) is 5.26 Å². The Kier molecular flexibility index (Phi) is 5.13. The van der Waals surface area contributed by atoms with Gasteiger partial charge in [-0.15, -0.1) is 0 Å². The van der Waals surface area contributed by atoms with Crippen LogP contribution in [0.5, 0.6) is 0 Å². The van der Waals surface area contributed by atoms with Crippen molar-refractivity contribution in [3.8, 4) is 6.07 Å². The van der Waals surface area contributed by atoms with Crippen LogP contribution in [0.3, 0.4) is 0 Å². The number of nitrogens with one attached hydrogen (secondary N) is 1. The minimum Gasteiger partial charge on any atom is -0.334 e. The molecule has 0 radical (unpaired) electrons. The predicted molar refractivity (Wildman–Crippen MR) is 80.1 cm³/mol. The van der Waals surface area contributed by atoms with Gasteiger partial charge >= 0.3 is 0 Å². The van der Waals surface area contributed by atoms with E-state index in [1.807, 2.05) is 0 Å². The maximum absolute atomic E-state index is 12.3. The molecule has 106 valence electrons. The number of carbonyl (C=O) groups excluding carboxylic acids is 1. The SMILES string of the molecule is N#CC1(NC(=O)c2cncc(Br)c2)CCCCCCC1. The molecule has 5 heteroatoms. The summed E-state index contributed by atoms with van der Waals surface area (Å²) in [6, 6.07) is 4.05. The van der Waals surface area contributed by atoms with Crippen molar-refractivity contribution in [3.63, 3.8) is 0 Å². The van der Waals surface area contributed by atoms with E-state index in [-0.39, 0.29) is 5.91 Å². The molecule has 0 aliphatic heterocycles. The van der Waals surface area contributed by atoms with Gasteiger partial charge < -0.3 is 5.32 Å². The zero-order valence-electron chi connectivity index (χ0n) is 11.4. The Balaban J connectivity index is 2.12. The lowest BCUT2D eigenvalue weighted by Crippen LogP contribution is -2.47. The van der Waals surface area contributed by atoms with Gasteiger partial charge in [0, 0.05) is 16.9 Å². The number of hydrogen-bond acceptors (Lipinski definition) is 3. The van der Waals surface area contributed by atoms with Crippen molar-refractivity contribution in [2.45, 2.75) is 50.5 Å². The molecule has 20 heavy (non-hydrogen) atoms. The maximum Gasteiger partial charge on any atom is 0.254 e. The van der Waals surface area contributed by atoms with Crippen molar-refractivity contribution in [1.82, 2.24) is 10.3 Å². The van der Waals surface area contributed by atoms with Crippen LogP contribution in [-0.2, 0) is 0 Å². The third kappa shape index (κ3) is 3.80. The maximum atomic E-state index is 12.3. The second-order valence-electron chi connectivity index (χ2n) is 5.31. The monoisotopic (exact) mass is 335 g/mol. The third-order valence-corrected chi connectivity index (χ3v) is 4.17. The van der Waals surface area contributed by atoms with Crippen molar-refractivity contribution < 1.29 is 4.79 Å². The van der Waals surface area contributed by atoms with Crippen molar-refractivity contribution in [2.24, 2.45) is 0 Å². The smallest absolute Gasteiger partial charge is 0.254 e. The molecule has 0 saturated heterocycles. The van der Waals surface area contributed by atoms with Crippen LogP contribution in [0.2, 0.25) is 0 Å². The number of amides is 1. The van der Waals surface area contributed by atoms with Crippen LogP contribution >= 0.6 is 15.9 Å². The first-order valence-corrected chi connectivity index (χ1v) is 7.79. The lowest BCUT2D eigenvalue weighted by molar-refractivity contribution is 0.0907. The van der Waals surface area contributed by atoms with E-state index in [0.717, 1.165) is 43.0 Å². The van der Waals surface area contributed by atoms with E-state index in [4.69, 9.17) is 0 Å². The summed E-state index contributed by atoms with van der Waals surface area (Å²) >= 11 is 3.30. The molecule has 1 aromatic rings. The zero-order valence-corrected chi connectivity index (χ0v) is 12.9. The first-order chi connectivity index (χ1) is 9.65. The standard InChI is InChI=1S/C15H18BrN3O/c16-13-8-12(9-18-10-13)14(20)19-15(11-17)6-4-2-1-3-5-7-15/h8-10H,1-7H2,(H,19,20). The molecule has 1 N–H and O–H groups in total. The van der Waals surface area contributed by atoms with Gasteiger partial charge in [0.2, 0.25) is 0 Å². The highest BCUT2D eigenvalue weighted by Gasteiger charge is 2.32. The molecule has 0 atom stereocenters. The Hall–Kier alpha value is -1.41. The van der Waals surface area contributed by atoms with Crippen LogP contribution in [-0.4, -0.2) is 16.4 Å². The predicted octanol–water partition coefficient (Wildman–Crippen LogP) is 3.58. The van der Waals surface area contributed by atoms with Gasteiger partial charge in [0.1, 0.15) is 5.54 Å². The first-order valence-electron chi connectivity index (χ1n) is 6.99. The van der Waals surface area contributed by atoms with E-state index in [2.05, 4.69) is 32.3 Å². The fourth-order valence-electron chi connectivity index (χ4n) is 2.60. The van der Waals surface area contributed by atoms with E-state index in [9.17, 15) is 10.1 Å². The lowest BCUT2D eigenvalue weighted by Gasteiger charge is -2.29. The molecule has 1 heterocycles. The molecule has 1 aliphatic rings. The highest BCUT2D eigenvalue weighted by Crippen LogP contribution is 2.26. The van der Waals surface area contributed by atoms with Gasteiger partial charge in [-0.3, -0.25) is 9.78 Å². The van der Waals surface area contributed by atoms with E-state index < -0.39 is 5.54 Å². The second kappa shape index (κ2) is 6.85. The summed E-state index contributed by atoms with van der Waals surface area (Å²) in [5.41, 5.74) is -0.240. The summed E-state index contributed by atoms with van der Waals surface area (Å²) < 4.78 is 0.758. The van der Waals surface area contributed by atoms with Crippen LogP contribution in [0.15, 0.2) is 22.9 Å². The molecule has 1 aromatic heterocycles. The normalized spacial score (nSPS) is 18.4. The number of pyridine rings is 1. The highest BCUT2D eigenvalue weighted by atomic mass is 79.9. The Morgan fingerprint density at radius 3 is 2.50 bits per heavy atom. The minimum absolute atomic E-state index is 0.221. The largest absolute Gasteiger partial charge is 0.334 e. The molecule has 2 rings (SSSR count). The van der Waals surface area contributed by atoms with E-state index in [0.29, 0.717) is 5.56 Å². The van der Waals surface area contributed by atoms with Gasteiger partial charge in [-0.1, -0.05) is 32.1 Å². The number of hydrogen-bond donors (Lipinski definition) is 1. The summed E-state index contributed by atoms with van der Waals surface area (Å²) in [7, 11) is 0. The third-order valence-electron chi connectivity index (χ3n) is 3.74. The van der Waals surface area contributed by atoms with Crippen LogP contribution in [0.1, 0.15) is 55.3 Å². The quantitative estimate of drug-likeness (QED) is 0.898. The van der Waals surface area contributed by atoms with Crippen LogP contribution in [0, 0.1) is 11.3 Å². The van der Waals surface area contributed by atoms with Gasteiger partial charge in [-0.25, -0.2) is 0 Å². The van der Waals surface area contributed by atoms with Crippen LogP contribution in [0.25, 0.3) is 0 Å². The van der Waals surface area contributed by atoms with E-state index >= 15 is 0 Å². The molecule has 0 spiro atoms. The number of nitrogens with zero attached hydrogens (tertiary/aromatic N) is 2. The van der Waals surface area contributed by atoms with Crippen LogP contribution in [0.4, 0.5) is 0 Å². The summed E-state index contributed by atoms with van der Waals surface area (Å²) in [4.78, 5) is 16.3. The summed E-state index contributed by atoms with van der Waals surface area (Å²) in [5.74, 6) is -0.221. The van der Waals surface area contributed by atoms with Gasteiger partial charge in [-0.05, 0) is 34.8 Å². The molecule has 0 unspecified atom stereocenters. The van der Waals surface area contributed by atoms with Crippen molar-refractivity contribution in [2.75, 3.05) is 0 Å². The number of carbonyl (C=O) groups is 1. The Morgan fingerprint density at radius 1 is 1.25 bits per heavy atom. The molecule has 1 aliphatic carbocycles. The average Bonchev–Trinajstić information content (AvgIpc) is 2.42. The Bertz CT molecular complexity index is 516. The Labute approximate surface area is 127 Å². The fraction of sp³-hybridized carbons (Fsp3) is 0.533. The zero-order chi connectivity index (χ0) is 14.4. The molecule has 1 saturated carbocycles. The molecule has 1 amide bonds. The van der Waals surface area contributed by atoms with Crippen molar-refractivity contribution >= 4 is 21.8 Å². The summed E-state index contributed by atoms with van der Waals surface area (Å²) in [6.45, 7) is 0. The number of halogens is 1. The molecular formula is C15H18BrN3O. The lowest BCUT2D eigenvalue weighted by atomic mass is 9.85. The highest BCUT2D eigenvalue weighted by molar-refractivity contribution is 9.10. The number of aromatic nitrogens is 1. The van der Waals surface area contributed by atoms with Gasteiger partial charge in [0.15, 0.2) is 0 Å².